The zero-order valence-electron chi connectivity index (χ0n) is 15.5. The fourth-order valence-corrected chi connectivity index (χ4v) is 3.03. The van der Waals surface area contributed by atoms with Gasteiger partial charge in [-0.15, -0.1) is 0 Å². The molecule has 0 aromatic heterocycles. The molecule has 0 bridgehead atoms. The molecule has 144 valence electrons. The molecule has 7 nitrogen and oxygen atoms in total. The predicted molar refractivity (Wildman–Crippen MR) is 103 cm³/mol. The topological polar surface area (TPSA) is 92.9 Å². The van der Waals surface area contributed by atoms with Gasteiger partial charge in [0.25, 0.3) is 0 Å². The quantitative estimate of drug-likeness (QED) is 0.506. The lowest BCUT2D eigenvalue weighted by Crippen LogP contribution is -2.46. The van der Waals surface area contributed by atoms with E-state index in [1.54, 1.807) is 31.2 Å². The van der Waals surface area contributed by atoms with Crippen LogP contribution in [0.2, 0.25) is 5.02 Å². The fraction of sp³-hybridized carbons (Fsp3) is 0.316. The normalized spacial score (nSPS) is 12.3. The molecule has 1 atom stereocenters. The van der Waals surface area contributed by atoms with E-state index in [4.69, 9.17) is 16.3 Å². The van der Waals surface area contributed by atoms with E-state index in [1.807, 2.05) is 20.8 Å². The van der Waals surface area contributed by atoms with Gasteiger partial charge in [-0.1, -0.05) is 23.7 Å². The number of rotatable bonds is 5. The lowest BCUT2D eigenvalue weighted by molar-refractivity contribution is -0.385. The number of halogens is 1. The zero-order valence-corrected chi connectivity index (χ0v) is 16.2. The highest BCUT2D eigenvalue weighted by Crippen LogP contribution is 2.35. The van der Waals surface area contributed by atoms with Crippen molar-refractivity contribution in [3.8, 4) is 11.5 Å². The van der Waals surface area contributed by atoms with Gasteiger partial charge in [0.2, 0.25) is 5.75 Å². The molecular formula is C19H21ClN2O5. The van der Waals surface area contributed by atoms with Crippen molar-refractivity contribution < 1.29 is 19.6 Å². The number of nitrogens with zero attached hydrogens (tertiary/aromatic N) is 2. The molecule has 0 saturated carbocycles. The summed E-state index contributed by atoms with van der Waals surface area (Å²) >= 11 is 5.92. The van der Waals surface area contributed by atoms with Crippen molar-refractivity contribution >= 4 is 23.4 Å². The molecule has 0 aliphatic rings. The Kier molecular flexibility index (Phi) is 5.95. The fourth-order valence-electron chi connectivity index (χ4n) is 2.87. The Morgan fingerprint density at radius 3 is 2.48 bits per heavy atom. The van der Waals surface area contributed by atoms with E-state index in [0.717, 1.165) is 0 Å². The zero-order chi connectivity index (χ0) is 20.4. The van der Waals surface area contributed by atoms with Crippen LogP contribution in [-0.2, 0) is 0 Å². The maximum atomic E-state index is 11.7. The first-order valence-electron chi connectivity index (χ1n) is 8.24. The molecule has 8 heteroatoms. The van der Waals surface area contributed by atoms with Gasteiger partial charge < -0.3 is 9.84 Å². The second-order valence-electron chi connectivity index (χ2n) is 7.04. The molecule has 0 saturated heterocycles. The van der Waals surface area contributed by atoms with Crippen molar-refractivity contribution in [2.75, 3.05) is 0 Å². The van der Waals surface area contributed by atoms with Crippen molar-refractivity contribution in [2.45, 2.75) is 39.3 Å². The minimum Gasteiger partial charge on any atom is -0.465 e. The summed E-state index contributed by atoms with van der Waals surface area (Å²) in [6.07, 6.45) is -1.04. The number of ether oxygens (including phenoxy) is 1. The summed E-state index contributed by atoms with van der Waals surface area (Å²) in [6, 6.07) is 10.4. The average molecular weight is 393 g/mol. The Morgan fingerprint density at radius 2 is 1.93 bits per heavy atom. The number of hydrogen-bond donors (Lipinski definition) is 1. The van der Waals surface area contributed by atoms with E-state index in [-0.39, 0.29) is 11.4 Å². The lowest BCUT2D eigenvalue weighted by Gasteiger charge is -2.38. The van der Waals surface area contributed by atoms with Gasteiger partial charge in [0.1, 0.15) is 5.75 Å². The summed E-state index contributed by atoms with van der Waals surface area (Å²) in [7, 11) is 0. The first-order chi connectivity index (χ1) is 12.5. The number of carboxylic acid groups (broad SMARTS) is 1. The number of nitro benzene ring substituents is 1. The van der Waals surface area contributed by atoms with Crippen molar-refractivity contribution in [3.05, 3.63) is 63.2 Å². The van der Waals surface area contributed by atoms with E-state index in [2.05, 4.69) is 0 Å². The van der Waals surface area contributed by atoms with Crippen LogP contribution in [0.1, 0.15) is 39.3 Å². The van der Waals surface area contributed by atoms with Gasteiger partial charge in [0, 0.05) is 22.7 Å². The largest absolute Gasteiger partial charge is 0.465 e. The van der Waals surface area contributed by atoms with Gasteiger partial charge in [-0.3, -0.25) is 15.0 Å². The van der Waals surface area contributed by atoms with E-state index in [9.17, 15) is 20.0 Å². The molecule has 1 N–H and O–H groups in total. The molecule has 2 aromatic rings. The Morgan fingerprint density at radius 1 is 1.26 bits per heavy atom. The molecule has 1 amide bonds. The van der Waals surface area contributed by atoms with Crippen LogP contribution in [0.4, 0.5) is 10.5 Å². The van der Waals surface area contributed by atoms with Gasteiger partial charge >= 0.3 is 11.8 Å². The van der Waals surface area contributed by atoms with Crippen LogP contribution in [-0.4, -0.2) is 26.6 Å². The van der Waals surface area contributed by atoms with E-state index >= 15 is 0 Å². The summed E-state index contributed by atoms with van der Waals surface area (Å²) in [4.78, 5) is 23.7. The monoisotopic (exact) mass is 392 g/mol. The number of nitro groups is 1. The summed E-state index contributed by atoms with van der Waals surface area (Å²) in [5.41, 5.74) is -0.109. The minimum atomic E-state index is -1.04. The lowest BCUT2D eigenvalue weighted by atomic mass is 9.99. The van der Waals surface area contributed by atoms with Crippen LogP contribution >= 0.6 is 11.6 Å². The van der Waals surface area contributed by atoms with E-state index in [1.165, 1.54) is 23.1 Å². The summed E-state index contributed by atoms with van der Waals surface area (Å²) in [5, 5.41) is 21.1. The van der Waals surface area contributed by atoms with Crippen LogP contribution < -0.4 is 4.74 Å². The summed E-state index contributed by atoms with van der Waals surface area (Å²) < 4.78 is 5.68. The number of benzene rings is 2. The van der Waals surface area contributed by atoms with Gasteiger partial charge in [0.15, 0.2) is 0 Å². The second-order valence-corrected chi connectivity index (χ2v) is 7.48. The highest BCUT2D eigenvalue weighted by atomic mass is 35.5. The van der Waals surface area contributed by atoms with E-state index < -0.39 is 22.6 Å². The SMILES string of the molecule is C[C@@H](c1cccc(Oc2cc(Cl)ccc2[N+](=O)[O-])c1)N(C(=O)O)C(C)(C)C. The maximum absolute atomic E-state index is 11.7. The third kappa shape index (κ3) is 4.89. The molecule has 0 aliphatic carbocycles. The molecule has 2 aromatic carbocycles. The first kappa shape index (κ1) is 20.5. The average Bonchev–Trinajstić information content (AvgIpc) is 2.53. The molecule has 0 fully saturated rings. The smallest absolute Gasteiger partial charge is 0.408 e. The highest BCUT2D eigenvalue weighted by molar-refractivity contribution is 6.30. The predicted octanol–water partition coefficient (Wildman–Crippen LogP) is 5.88. The van der Waals surface area contributed by atoms with Crippen molar-refractivity contribution in [3.63, 3.8) is 0 Å². The molecular weight excluding hydrogens is 372 g/mol. The molecule has 0 unspecified atom stereocenters. The maximum Gasteiger partial charge on any atom is 0.408 e. The number of amides is 1. The Balaban J connectivity index is 2.37. The van der Waals surface area contributed by atoms with Gasteiger partial charge in [-0.05, 0) is 51.5 Å². The van der Waals surface area contributed by atoms with Crippen molar-refractivity contribution in [2.24, 2.45) is 0 Å². The molecule has 0 radical (unpaired) electrons. The molecule has 0 aliphatic heterocycles. The second kappa shape index (κ2) is 7.84. The molecule has 27 heavy (non-hydrogen) atoms. The molecule has 0 heterocycles. The van der Waals surface area contributed by atoms with Crippen molar-refractivity contribution in [1.29, 1.82) is 0 Å². The minimum absolute atomic E-state index is 0.0169. The first-order valence-corrected chi connectivity index (χ1v) is 8.62. The standard InChI is InChI=1S/C19H21ClN2O5/c1-12(21(18(23)24)19(2,3)4)13-6-5-7-15(10-13)27-17-11-14(20)8-9-16(17)22(25)26/h5-12H,1-4H3,(H,23,24)/t12-/m0/s1. The van der Waals surface area contributed by atoms with Gasteiger partial charge in [-0.2, -0.15) is 0 Å². The number of hydrogen-bond acceptors (Lipinski definition) is 4. The Hall–Kier alpha value is -2.80. The molecule has 2 rings (SSSR count). The number of carbonyl (C=O) groups is 1. The highest BCUT2D eigenvalue weighted by Gasteiger charge is 2.31. The van der Waals surface area contributed by atoms with Crippen LogP contribution in [0.5, 0.6) is 11.5 Å². The summed E-state index contributed by atoms with van der Waals surface area (Å²) in [5.74, 6) is 0.368. The van der Waals surface area contributed by atoms with Crippen molar-refractivity contribution in [1.82, 2.24) is 4.90 Å². The Bertz CT molecular complexity index is 863. The summed E-state index contributed by atoms with van der Waals surface area (Å²) in [6.45, 7) is 7.22. The van der Waals surface area contributed by atoms with Crippen LogP contribution in [0, 0.1) is 10.1 Å². The van der Waals surface area contributed by atoms with Gasteiger partial charge in [-0.25, -0.2) is 4.79 Å². The third-order valence-electron chi connectivity index (χ3n) is 4.00. The Labute approximate surface area is 162 Å². The third-order valence-corrected chi connectivity index (χ3v) is 4.24. The van der Waals surface area contributed by atoms with Crippen LogP contribution in [0.3, 0.4) is 0 Å². The van der Waals surface area contributed by atoms with Crippen LogP contribution in [0.15, 0.2) is 42.5 Å². The van der Waals surface area contributed by atoms with Gasteiger partial charge in [0.05, 0.1) is 11.0 Å². The van der Waals surface area contributed by atoms with Crippen LogP contribution in [0.25, 0.3) is 0 Å². The van der Waals surface area contributed by atoms with E-state index in [0.29, 0.717) is 16.3 Å². The molecule has 0 spiro atoms.